The minimum Gasteiger partial charge on any atom is -0.493 e. The summed E-state index contributed by atoms with van der Waals surface area (Å²) in [7, 11) is 3.10. The second-order valence-electron chi connectivity index (χ2n) is 5.35. The molecule has 5 nitrogen and oxygen atoms in total. The summed E-state index contributed by atoms with van der Waals surface area (Å²) in [5, 5.41) is 5.93. The molecule has 0 aliphatic rings. The average Bonchev–Trinajstić information content (AvgIpc) is 3.08. The van der Waals surface area contributed by atoms with Crippen LogP contribution < -0.4 is 14.8 Å². The first kappa shape index (κ1) is 17.0. The maximum Gasteiger partial charge on any atom is 0.255 e. The van der Waals surface area contributed by atoms with Crippen LogP contribution in [0.3, 0.4) is 0 Å². The van der Waals surface area contributed by atoms with E-state index in [9.17, 15) is 4.79 Å². The summed E-state index contributed by atoms with van der Waals surface area (Å²) in [6, 6.07) is 12.7. The number of rotatable bonds is 5. The normalized spacial score (nSPS) is 10.4. The number of carbonyl (C=O) groups is 1. The molecule has 128 valence electrons. The second kappa shape index (κ2) is 7.36. The summed E-state index contributed by atoms with van der Waals surface area (Å²) in [6.07, 6.45) is 0. The van der Waals surface area contributed by atoms with Crippen LogP contribution in [0.4, 0.5) is 5.69 Å². The molecule has 25 heavy (non-hydrogen) atoms. The van der Waals surface area contributed by atoms with Crippen LogP contribution in [0, 0.1) is 6.92 Å². The number of hydrogen-bond donors (Lipinski definition) is 1. The van der Waals surface area contributed by atoms with Gasteiger partial charge in [0.25, 0.3) is 5.91 Å². The van der Waals surface area contributed by atoms with Crippen LogP contribution >= 0.6 is 11.3 Å². The number of ether oxygens (including phenoxy) is 2. The fraction of sp³-hybridized carbons (Fsp3) is 0.158. The highest BCUT2D eigenvalue weighted by atomic mass is 32.1. The summed E-state index contributed by atoms with van der Waals surface area (Å²) < 4.78 is 10.4. The standard InChI is InChI=1S/C19H18N2O3S/c1-12-20-16(11-25-12)13-4-7-15(8-5-13)21-19(22)14-6-9-17(23-2)18(10-14)24-3/h4-11H,1-3H3,(H,21,22). The van der Waals surface area contributed by atoms with E-state index in [1.165, 1.54) is 0 Å². The lowest BCUT2D eigenvalue weighted by atomic mass is 10.1. The lowest BCUT2D eigenvalue weighted by Crippen LogP contribution is -2.12. The van der Waals surface area contributed by atoms with Gasteiger partial charge in [-0.25, -0.2) is 4.98 Å². The fourth-order valence-corrected chi connectivity index (χ4v) is 3.02. The highest BCUT2D eigenvalue weighted by Gasteiger charge is 2.11. The van der Waals surface area contributed by atoms with Crippen molar-refractivity contribution >= 4 is 22.9 Å². The van der Waals surface area contributed by atoms with E-state index in [0.717, 1.165) is 22.0 Å². The Balaban J connectivity index is 1.74. The Bertz CT molecular complexity index is 888. The Morgan fingerprint density at radius 1 is 1.04 bits per heavy atom. The first-order valence-electron chi connectivity index (χ1n) is 7.66. The summed E-state index contributed by atoms with van der Waals surface area (Å²) in [6.45, 7) is 1.98. The molecule has 0 radical (unpaired) electrons. The second-order valence-corrected chi connectivity index (χ2v) is 6.42. The predicted octanol–water partition coefficient (Wildman–Crippen LogP) is 4.39. The molecule has 1 aromatic heterocycles. The molecule has 0 aliphatic heterocycles. The smallest absolute Gasteiger partial charge is 0.255 e. The third kappa shape index (κ3) is 3.80. The van der Waals surface area contributed by atoms with Crippen LogP contribution in [0.5, 0.6) is 11.5 Å². The van der Waals surface area contributed by atoms with E-state index < -0.39 is 0 Å². The molecule has 0 unspecified atom stereocenters. The van der Waals surface area contributed by atoms with Crippen molar-refractivity contribution in [2.75, 3.05) is 19.5 Å². The van der Waals surface area contributed by atoms with Crippen molar-refractivity contribution in [3.8, 4) is 22.8 Å². The van der Waals surface area contributed by atoms with Gasteiger partial charge >= 0.3 is 0 Å². The Hall–Kier alpha value is -2.86. The quantitative estimate of drug-likeness (QED) is 0.738. The van der Waals surface area contributed by atoms with Gasteiger partial charge in [-0.2, -0.15) is 0 Å². The number of benzene rings is 2. The van der Waals surface area contributed by atoms with Crippen LogP contribution in [-0.2, 0) is 0 Å². The first-order chi connectivity index (χ1) is 12.1. The molecule has 3 aromatic rings. The number of nitrogens with one attached hydrogen (secondary N) is 1. The van der Waals surface area contributed by atoms with Crippen molar-refractivity contribution in [2.45, 2.75) is 6.92 Å². The topological polar surface area (TPSA) is 60.5 Å². The Morgan fingerprint density at radius 2 is 1.76 bits per heavy atom. The molecule has 1 heterocycles. The van der Waals surface area contributed by atoms with Crippen LogP contribution in [0.2, 0.25) is 0 Å². The molecule has 0 saturated carbocycles. The number of methoxy groups -OCH3 is 2. The largest absolute Gasteiger partial charge is 0.493 e. The number of carbonyl (C=O) groups excluding carboxylic acids is 1. The maximum absolute atomic E-state index is 12.4. The van der Waals surface area contributed by atoms with Gasteiger partial charge in [-0.3, -0.25) is 4.79 Å². The van der Waals surface area contributed by atoms with Crippen molar-refractivity contribution in [3.63, 3.8) is 0 Å². The predicted molar refractivity (Wildman–Crippen MR) is 99.8 cm³/mol. The SMILES string of the molecule is COc1ccc(C(=O)Nc2ccc(-c3csc(C)n3)cc2)cc1OC. The number of anilines is 1. The van der Waals surface area contributed by atoms with Crippen molar-refractivity contribution in [1.82, 2.24) is 4.98 Å². The summed E-state index contributed by atoms with van der Waals surface area (Å²) in [5.74, 6) is 0.893. The van der Waals surface area contributed by atoms with Crippen molar-refractivity contribution < 1.29 is 14.3 Å². The summed E-state index contributed by atoms with van der Waals surface area (Å²) >= 11 is 1.61. The zero-order chi connectivity index (χ0) is 17.8. The molecular formula is C19H18N2O3S. The molecule has 0 bridgehead atoms. The van der Waals surface area contributed by atoms with Gasteiger partial charge in [-0.1, -0.05) is 12.1 Å². The van der Waals surface area contributed by atoms with Crippen molar-refractivity contribution in [3.05, 3.63) is 58.4 Å². The molecular weight excluding hydrogens is 336 g/mol. The third-order valence-electron chi connectivity index (χ3n) is 3.70. The number of nitrogens with zero attached hydrogens (tertiary/aromatic N) is 1. The van der Waals surface area contributed by atoms with Gasteiger partial charge in [0, 0.05) is 22.2 Å². The van der Waals surface area contributed by atoms with E-state index in [-0.39, 0.29) is 5.91 Å². The first-order valence-corrected chi connectivity index (χ1v) is 8.54. The number of thiazole rings is 1. The zero-order valence-electron chi connectivity index (χ0n) is 14.2. The lowest BCUT2D eigenvalue weighted by molar-refractivity contribution is 0.102. The maximum atomic E-state index is 12.4. The Morgan fingerprint density at radius 3 is 2.36 bits per heavy atom. The molecule has 1 N–H and O–H groups in total. The van der Waals surface area contributed by atoms with E-state index in [0.29, 0.717) is 17.1 Å². The highest BCUT2D eigenvalue weighted by molar-refractivity contribution is 7.09. The monoisotopic (exact) mass is 354 g/mol. The average molecular weight is 354 g/mol. The number of amides is 1. The molecule has 0 saturated heterocycles. The lowest BCUT2D eigenvalue weighted by Gasteiger charge is -2.10. The van der Waals surface area contributed by atoms with Crippen LogP contribution in [0.1, 0.15) is 15.4 Å². The molecule has 0 atom stereocenters. The molecule has 6 heteroatoms. The van der Waals surface area contributed by atoms with Crippen molar-refractivity contribution in [1.29, 1.82) is 0 Å². The highest BCUT2D eigenvalue weighted by Crippen LogP contribution is 2.28. The van der Waals surface area contributed by atoms with E-state index >= 15 is 0 Å². The number of aromatic nitrogens is 1. The Labute approximate surface area is 150 Å². The summed E-state index contributed by atoms with van der Waals surface area (Å²) in [4.78, 5) is 16.9. The van der Waals surface area contributed by atoms with Gasteiger partial charge < -0.3 is 14.8 Å². The minimum atomic E-state index is -0.210. The van der Waals surface area contributed by atoms with E-state index in [1.54, 1.807) is 43.8 Å². The van der Waals surface area contributed by atoms with Gasteiger partial charge in [0.2, 0.25) is 0 Å². The van der Waals surface area contributed by atoms with Crippen LogP contribution in [0.25, 0.3) is 11.3 Å². The fourth-order valence-electron chi connectivity index (χ4n) is 2.40. The third-order valence-corrected chi connectivity index (χ3v) is 4.48. The molecule has 0 spiro atoms. The van der Waals surface area contributed by atoms with Crippen molar-refractivity contribution in [2.24, 2.45) is 0 Å². The molecule has 1 amide bonds. The zero-order valence-corrected chi connectivity index (χ0v) is 15.0. The van der Waals surface area contributed by atoms with Gasteiger partial charge in [-0.15, -0.1) is 11.3 Å². The van der Waals surface area contributed by atoms with Gasteiger partial charge in [0.05, 0.1) is 24.9 Å². The van der Waals surface area contributed by atoms with Crippen LogP contribution in [0.15, 0.2) is 47.8 Å². The number of hydrogen-bond acceptors (Lipinski definition) is 5. The molecule has 0 fully saturated rings. The Kier molecular flexibility index (Phi) is 5.00. The van der Waals surface area contributed by atoms with Gasteiger partial charge in [-0.05, 0) is 37.3 Å². The molecule has 0 aliphatic carbocycles. The van der Waals surface area contributed by atoms with E-state index in [4.69, 9.17) is 9.47 Å². The van der Waals surface area contributed by atoms with Gasteiger partial charge in [0.1, 0.15) is 0 Å². The van der Waals surface area contributed by atoms with Crippen LogP contribution in [-0.4, -0.2) is 25.1 Å². The van der Waals surface area contributed by atoms with E-state index in [2.05, 4.69) is 10.3 Å². The van der Waals surface area contributed by atoms with E-state index in [1.807, 2.05) is 36.6 Å². The number of aryl methyl sites for hydroxylation is 1. The molecule has 2 aromatic carbocycles. The summed E-state index contributed by atoms with van der Waals surface area (Å²) in [5.41, 5.74) is 3.18. The minimum absolute atomic E-state index is 0.210. The van der Waals surface area contributed by atoms with Gasteiger partial charge in [0.15, 0.2) is 11.5 Å². The molecule has 3 rings (SSSR count).